The Hall–Kier alpha value is -3.10. The monoisotopic (exact) mass is 429 g/mol. The summed E-state index contributed by atoms with van der Waals surface area (Å²) in [4.78, 5) is 18.3. The smallest absolute Gasteiger partial charge is 0.410 e. The van der Waals surface area contributed by atoms with Crippen LogP contribution in [0.4, 0.5) is 4.79 Å². The van der Waals surface area contributed by atoms with Crippen molar-refractivity contribution in [3.63, 3.8) is 0 Å². The van der Waals surface area contributed by atoms with Crippen molar-refractivity contribution in [1.29, 1.82) is 0 Å². The highest BCUT2D eigenvalue weighted by atomic mass is 16.6. The molecule has 0 saturated heterocycles. The van der Waals surface area contributed by atoms with Crippen molar-refractivity contribution >= 4 is 12.1 Å². The van der Waals surface area contributed by atoms with Gasteiger partial charge in [0.05, 0.1) is 13.1 Å². The normalized spacial score (nSPS) is 11.9. The lowest BCUT2D eigenvalue weighted by molar-refractivity contribution is 0.0285. The van der Waals surface area contributed by atoms with Gasteiger partial charge < -0.3 is 24.8 Å². The van der Waals surface area contributed by atoms with E-state index in [0.29, 0.717) is 19.6 Å². The second kappa shape index (κ2) is 11.3. The van der Waals surface area contributed by atoms with Gasteiger partial charge in [0.1, 0.15) is 11.9 Å². The molecule has 1 aromatic heterocycles. The molecule has 0 unspecified atom stereocenters. The molecule has 0 atom stereocenters. The maximum atomic E-state index is 12.1. The van der Waals surface area contributed by atoms with E-state index in [9.17, 15) is 4.79 Å². The van der Waals surface area contributed by atoms with E-state index in [0.717, 1.165) is 36.0 Å². The van der Waals surface area contributed by atoms with Gasteiger partial charge in [-0.15, -0.1) is 10.2 Å². The molecule has 0 spiro atoms. The second-order valence-electron chi connectivity index (χ2n) is 8.23. The SMILES string of the molecule is CCNC(=NCc1ccc(CN(C)C(=O)OC(C)(C)C)cc1)NCc1nncn1CC. The minimum absolute atomic E-state index is 0.332. The van der Waals surface area contributed by atoms with Crippen molar-refractivity contribution < 1.29 is 9.53 Å². The molecule has 0 saturated carbocycles. The number of nitrogens with zero attached hydrogens (tertiary/aromatic N) is 5. The molecule has 2 N–H and O–H groups in total. The molecular formula is C22H35N7O2. The zero-order valence-electron chi connectivity index (χ0n) is 19.5. The number of hydrogen-bond donors (Lipinski definition) is 2. The van der Waals surface area contributed by atoms with Gasteiger partial charge in [-0.1, -0.05) is 24.3 Å². The highest BCUT2D eigenvalue weighted by Crippen LogP contribution is 2.12. The van der Waals surface area contributed by atoms with Gasteiger partial charge in [0, 0.05) is 26.7 Å². The van der Waals surface area contributed by atoms with Crippen molar-refractivity contribution in [2.24, 2.45) is 4.99 Å². The molecule has 2 aromatic rings. The third-order valence-electron chi connectivity index (χ3n) is 4.36. The van der Waals surface area contributed by atoms with Gasteiger partial charge in [-0.05, 0) is 45.7 Å². The third-order valence-corrected chi connectivity index (χ3v) is 4.36. The van der Waals surface area contributed by atoms with Crippen LogP contribution in [0.5, 0.6) is 0 Å². The molecule has 1 amide bonds. The predicted octanol–water partition coefficient (Wildman–Crippen LogP) is 2.92. The van der Waals surface area contributed by atoms with Gasteiger partial charge in [0.2, 0.25) is 0 Å². The van der Waals surface area contributed by atoms with Crippen molar-refractivity contribution in [2.45, 2.75) is 66.4 Å². The summed E-state index contributed by atoms with van der Waals surface area (Å²) in [6.07, 6.45) is 1.39. The Labute approximate surface area is 184 Å². The van der Waals surface area contributed by atoms with Crippen molar-refractivity contribution in [2.75, 3.05) is 13.6 Å². The number of guanidine groups is 1. The fraction of sp³-hybridized carbons (Fsp3) is 0.545. The van der Waals surface area contributed by atoms with Crippen LogP contribution in [0.3, 0.4) is 0 Å². The summed E-state index contributed by atoms with van der Waals surface area (Å²) < 4.78 is 7.38. The number of benzene rings is 1. The standard InChI is InChI=1S/C22H35N7O2/c1-7-23-20(25-14-19-27-26-16-29(19)8-2)24-13-17-9-11-18(12-10-17)15-28(6)21(30)31-22(3,4)5/h9-12,16H,7-8,13-15H2,1-6H3,(H2,23,24,25). The average molecular weight is 430 g/mol. The minimum atomic E-state index is -0.502. The highest BCUT2D eigenvalue weighted by Gasteiger charge is 2.19. The Bertz CT molecular complexity index is 853. The summed E-state index contributed by atoms with van der Waals surface area (Å²) in [6, 6.07) is 8.07. The zero-order chi connectivity index (χ0) is 22.9. The molecule has 31 heavy (non-hydrogen) atoms. The molecule has 1 aromatic carbocycles. The van der Waals surface area contributed by atoms with Gasteiger partial charge in [0.15, 0.2) is 11.8 Å². The lowest BCUT2D eigenvalue weighted by atomic mass is 10.1. The molecular weight excluding hydrogens is 394 g/mol. The second-order valence-corrected chi connectivity index (χ2v) is 8.23. The van der Waals surface area contributed by atoms with Crippen LogP contribution in [0.1, 0.15) is 51.6 Å². The molecule has 9 heteroatoms. The Morgan fingerprint density at radius 3 is 2.45 bits per heavy atom. The summed E-state index contributed by atoms with van der Waals surface area (Å²) in [6.45, 7) is 12.8. The highest BCUT2D eigenvalue weighted by molar-refractivity contribution is 5.79. The molecule has 0 bridgehead atoms. The topological polar surface area (TPSA) is 96.7 Å². The van der Waals surface area contributed by atoms with Crippen LogP contribution in [0.15, 0.2) is 35.6 Å². The number of aliphatic imine (C=N–C) groups is 1. The first-order valence-electron chi connectivity index (χ1n) is 10.6. The largest absolute Gasteiger partial charge is 0.444 e. The Morgan fingerprint density at radius 2 is 1.84 bits per heavy atom. The molecule has 0 fully saturated rings. The fourth-order valence-corrected chi connectivity index (χ4v) is 2.78. The molecule has 0 aliphatic heterocycles. The minimum Gasteiger partial charge on any atom is -0.444 e. The van der Waals surface area contributed by atoms with Gasteiger partial charge >= 0.3 is 6.09 Å². The Balaban J connectivity index is 1.92. The molecule has 9 nitrogen and oxygen atoms in total. The fourth-order valence-electron chi connectivity index (χ4n) is 2.78. The first kappa shape index (κ1) is 24.2. The number of carbonyl (C=O) groups excluding carboxylic acids is 1. The number of aromatic nitrogens is 3. The van der Waals surface area contributed by atoms with E-state index in [2.05, 4.69) is 32.7 Å². The van der Waals surface area contributed by atoms with Crippen molar-refractivity contribution in [1.82, 2.24) is 30.3 Å². The number of amides is 1. The van der Waals surface area contributed by atoms with Crippen LogP contribution in [-0.2, 0) is 30.9 Å². The molecule has 2 rings (SSSR count). The molecule has 0 aliphatic carbocycles. The van der Waals surface area contributed by atoms with E-state index in [1.165, 1.54) is 0 Å². The van der Waals surface area contributed by atoms with Crippen molar-refractivity contribution in [3.8, 4) is 0 Å². The quantitative estimate of drug-likeness (QED) is 0.495. The van der Waals surface area contributed by atoms with E-state index < -0.39 is 5.60 Å². The maximum Gasteiger partial charge on any atom is 0.410 e. The van der Waals surface area contributed by atoms with Crippen LogP contribution in [0, 0.1) is 0 Å². The number of aryl methyl sites for hydroxylation is 1. The molecule has 0 aliphatic rings. The zero-order valence-corrected chi connectivity index (χ0v) is 19.5. The van der Waals surface area contributed by atoms with Gasteiger partial charge in [-0.2, -0.15) is 0 Å². The van der Waals surface area contributed by atoms with Crippen LogP contribution >= 0.6 is 0 Å². The predicted molar refractivity (Wildman–Crippen MR) is 121 cm³/mol. The summed E-state index contributed by atoms with van der Waals surface area (Å²) in [5.74, 6) is 1.59. The van der Waals surface area contributed by atoms with E-state index in [4.69, 9.17) is 4.74 Å². The number of rotatable bonds is 8. The molecule has 170 valence electrons. The van der Waals surface area contributed by atoms with Crippen molar-refractivity contribution in [3.05, 3.63) is 47.5 Å². The number of nitrogens with one attached hydrogen (secondary N) is 2. The summed E-state index contributed by atoms with van der Waals surface area (Å²) in [5, 5.41) is 14.6. The van der Waals surface area contributed by atoms with Crippen LogP contribution in [-0.4, -0.2) is 50.9 Å². The first-order valence-corrected chi connectivity index (χ1v) is 10.6. The van der Waals surface area contributed by atoms with Gasteiger partial charge in [-0.25, -0.2) is 9.79 Å². The van der Waals surface area contributed by atoms with Gasteiger partial charge in [0.25, 0.3) is 0 Å². The Morgan fingerprint density at radius 1 is 1.16 bits per heavy atom. The number of hydrogen-bond acceptors (Lipinski definition) is 5. The van der Waals surface area contributed by atoms with Crippen LogP contribution < -0.4 is 10.6 Å². The number of carbonyl (C=O) groups is 1. The summed E-state index contributed by atoms with van der Waals surface area (Å²) >= 11 is 0. The average Bonchev–Trinajstić information content (AvgIpc) is 3.17. The lowest BCUT2D eigenvalue weighted by Gasteiger charge is -2.24. The summed E-state index contributed by atoms with van der Waals surface area (Å²) in [7, 11) is 1.74. The first-order chi connectivity index (χ1) is 14.7. The van der Waals surface area contributed by atoms with Crippen LogP contribution in [0.2, 0.25) is 0 Å². The van der Waals surface area contributed by atoms with E-state index >= 15 is 0 Å². The van der Waals surface area contributed by atoms with Crippen LogP contribution in [0.25, 0.3) is 0 Å². The third kappa shape index (κ3) is 8.27. The summed E-state index contributed by atoms with van der Waals surface area (Å²) in [5.41, 5.74) is 1.61. The Kier molecular flexibility index (Phi) is 8.84. The van der Waals surface area contributed by atoms with E-state index in [1.807, 2.05) is 56.5 Å². The number of ether oxygens (including phenoxy) is 1. The maximum absolute atomic E-state index is 12.1. The van der Waals surface area contributed by atoms with E-state index in [-0.39, 0.29) is 6.09 Å². The van der Waals surface area contributed by atoms with Gasteiger partial charge in [-0.3, -0.25) is 0 Å². The molecule has 0 radical (unpaired) electrons. The molecule has 1 heterocycles. The lowest BCUT2D eigenvalue weighted by Crippen LogP contribution is -2.37. The van der Waals surface area contributed by atoms with E-state index in [1.54, 1.807) is 18.3 Å².